The van der Waals surface area contributed by atoms with Gasteiger partial charge in [0.05, 0.1) is 0 Å². The number of hydrogen-bond donors (Lipinski definition) is 0. The zero-order chi connectivity index (χ0) is 34.6. The van der Waals surface area contributed by atoms with Gasteiger partial charge in [-0.3, -0.25) is 0 Å². The number of rotatable bonds is 18. The van der Waals surface area contributed by atoms with E-state index in [4.69, 9.17) is 44.1 Å². The Bertz CT molecular complexity index is 1200. The fourth-order valence-corrected chi connectivity index (χ4v) is 200. The first-order chi connectivity index (χ1) is 21.0. The van der Waals surface area contributed by atoms with E-state index >= 15 is 0 Å². The molecule has 0 aliphatic heterocycles. The molecular formula is C30H58O7Si8. The Morgan fingerprint density at radius 3 is 1.04 bits per heavy atom. The zero-order valence-electron chi connectivity index (χ0n) is 30.2. The summed E-state index contributed by atoms with van der Waals surface area (Å²) in [5.74, 6) is 0. The fraction of sp³-hybridized carbons (Fsp3) is 0.467. The molecule has 2 rings (SSSR count). The van der Waals surface area contributed by atoms with Gasteiger partial charge in [-0.05, 0) is 0 Å². The Kier molecular flexibility index (Phi) is 13.4. The molecule has 0 aliphatic carbocycles. The van der Waals surface area contributed by atoms with Crippen LogP contribution in [0.5, 0.6) is 0 Å². The summed E-state index contributed by atoms with van der Waals surface area (Å²) in [7, 11) is -12.3. The van der Waals surface area contributed by atoms with Crippen LogP contribution in [0.15, 0.2) is 85.2 Å². The highest BCUT2D eigenvalue weighted by Crippen LogP contribution is 2.47. The standard InChI is InChI=1S/C30H58O7Si8/c1-17-41(18-2,44(34-6,35-7)45(36-8,37-9)43(31-3,32-4)33-5)42(29-25-21-19-22-26-29,30-27-23-20-24-28-30)40(15,16)39(13,14)38(10,11)12/h17-28H,1-2H2,3-16H3. The lowest BCUT2D eigenvalue weighted by Crippen LogP contribution is -3.03. The zero-order valence-corrected chi connectivity index (χ0v) is 38.2. The first kappa shape index (κ1) is 40.5. The molecule has 0 spiro atoms. The van der Waals surface area contributed by atoms with Crippen molar-refractivity contribution in [2.75, 3.05) is 49.8 Å². The summed E-state index contributed by atoms with van der Waals surface area (Å²) < 4.78 is 46.4. The minimum absolute atomic E-state index is 1.36. The van der Waals surface area contributed by atoms with Crippen LogP contribution in [-0.4, -0.2) is 109 Å². The van der Waals surface area contributed by atoms with Gasteiger partial charge in [-0.15, -0.1) is 13.2 Å². The second-order valence-corrected chi connectivity index (χ2v) is 83.8. The maximum Gasteiger partial charge on any atom is 0.540 e. The Balaban J connectivity index is 3.63. The minimum atomic E-state index is -3.87. The molecular weight excluding hydrogens is 697 g/mol. The van der Waals surface area contributed by atoms with E-state index in [1.54, 1.807) is 49.8 Å². The van der Waals surface area contributed by atoms with E-state index in [-0.39, 0.29) is 0 Å². The third-order valence-corrected chi connectivity index (χ3v) is 143. The van der Waals surface area contributed by atoms with E-state index < -0.39 is 59.5 Å². The third kappa shape index (κ3) is 5.39. The molecule has 15 heteroatoms. The van der Waals surface area contributed by atoms with Crippen molar-refractivity contribution in [1.82, 2.24) is 0 Å². The van der Waals surface area contributed by atoms with Crippen molar-refractivity contribution < 1.29 is 31.0 Å². The predicted octanol–water partition coefficient (Wildman–Crippen LogP) is 4.80. The first-order valence-corrected chi connectivity index (χ1v) is 41.3. The Morgan fingerprint density at radius 2 is 0.800 bits per heavy atom. The van der Waals surface area contributed by atoms with E-state index in [1.165, 1.54) is 10.4 Å². The third-order valence-electron chi connectivity index (χ3n) is 11.4. The maximum atomic E-state index is 7.06. The average Bonchev–Trinajstić information content (AvgIpc) is 3.04. The van der Waals surface area contributed by atoms with Crippen LogP contribution in [0.2, 0.25) is 45.8 Å². The average molecular weight is 755 g/mol. The van der Waals surface area contributed by atoms with Crippen molar-refractivity contribution in [2.45, 2.75) is 45.8 Å². The van der Waals surface area contributed by atoms with Gasteiger partial charge in [0.1, 0.15) is 7.11 Å². The SMILES string of the molecule is C=C[Si](C=C)([Si](OC)(OC)[Si](OC)(OC)[Si](OC)(OC)OC)[Si](c1ccccc1)(c1ccccc1)[Si](C)(C)[Si](C)(C)[Si](C)(C)C. The van der Waals surface area contributed by atoms with Gasteiger partial charge in [0.2, 0.25) is 0 Å². The molecule has 45 heavy (non-hydrogen) atoms. The quantitative estimate of drug-likeness (QED) is 0.203. The van der Waals surface area contributed by atoms with Gasteiger partial charge in [0.15, 0.2) is 7.11 Å². The highest BCUT2D eigenvalue weighted by molar-refractivity contribution is 8.06. The molecule has 2 aromatic carbocycles. The van der Waals surface area contributed by atoms with Crippen LogP contribution in [0.25, 0.3) is 0 Å². The molecule has 0 unspecified atom stereocenters. The summed E-state index contributed by atoms with van der Waals surface area (Å²) >= 11 is 0. The number of hydrogen-bond acceptors (Lipinski definition) is 7. The van der Waals surface area contributed by atoms with E-state index in [2.05, 4.69) is 118 Å². The topological polar surface area (TPSA) is 64.6 Å². The van der Waals surface area contributed by atoms with Crippen molar-refractivity contribution in [1.29, 1.82) is 0 Å². The van der Waals surface area contributed by atoms with Crippen molar-refractivity contribution >= 4 is 69.9 Å². The Labute approximate surface area is 280 Å². The normalized spacial score (nSPS) is 14.4. The molecule has 0 amide bonds. The summed E-state index contributed by atoms with van der Waals surface area (Å²) in [5, 5.41) is 2.72. The fourth-order valence-electron chi connectivity index (χ4n) is 7.99. The van der Waals surface area contributed by atoms with Crippen molar-refractivity contribution in [2.24, 2.45) is 0 Å². The van der Waals surface area contributed by atoms with Crippen LogP contribution in [0.4, 0.5) is 0 Å². The molecule has 0 fully saturated rings. The van der Waals surface area contributed by atoms with Gasteiger partial charge in [-0.1, -0.05) is 128 Å². The molecule has 0 atom stereocenters. The molecule has 0 saturated heterocycles. The van der Waals surface area contributed by atoms with E-state index in [0.29, 0.717) is 0 Å². The Hall–Kier alpha value is -0.625. The predicted molar refractivity (Wildman–Crippen MR) is 209 cm³/mol. The molecule has 7 nitrogen and oxygen atoms in total. The second kappa shape index (κ2) is 14.9. The van der Waals surface area contributed by atoms with Crippen LogP contribution < -0.4 is 10.4 Å². The summed E-state index contributed by atoms with van der Waals surface area (Å²) in [6.45, 7) is 27.8. The molecule has 0 bridgehead atoms. The van der Waals surface area contributed by atoms with Crippen LogP contribution in [0.3, 0.4) is 0 Å². The summed E-state index contributed by atoms with van der Waals surface area (Å²) in [5.41, 5.74) is 4.43. The van der Waals surface area contributed by atoms with Gasteiger partial charge < -0.3 is 31.0 Å². The summed E-state index contributed by atoms with van der Waals surface area (Å²) in [6.07, 6.45) is 0. The van der Waals surface area contributed by atoms with Crippen molar-refractivity contribution in [3.63, 3.8) is 0 Å². The van der Waals surface area contributed by atoms with Crippen LogP contribution >= 0.6 is 0 Å². The van der Waals surface area contributed by atoms with Crippen LogP contribution in [-0.2, 0) is 31.0 Å². The van der Waals surface area contributed by atoms with Gasteiger partial charge >= 0.3 is 23.5 Å². The Morgan fingerprint density at radius 1 is 0.467 bits per heavy atom. The lowest BCUT2D eigenvalue weighted by molar-refractivity contribution is 0.116. The van der Waals surface area contributed by atoms with Gasteiger partial charge in [-0.25, -0.2) is 0 Å². The van der Waals surface area contributed by atoms with Gasteiger partial charge in [0, 0.05) is 71.6 Å². The molecule has 0 radical (unpaired) electrons. The summed E-state index contributed by atoms with van der Waals surface area (Å²) in [6, 6.07) is 22.3. The van der Waals surface area contributed by atoms with Crippen LogP contribution in [0, 0.1) is 0 Å². The highest BCUT2D eigenvalue weighted by atomic mass is 30.1. The second-order valence-electron chi connectivity index (χ2n) is 13.5. The van der Waals surface area contributed by atoms with E-state index in [9.17, 15) is 0 Å². The van der Waals surface area contributed by atoms with Gasteiger partial charge in [-0.2, -0.15) is 0 Å². The molecule has 2 aromatic rings. The first-order valence-electron chi connectivity index (χ1n) is 15.3. The molecule has 0 heterocycles. The molecule has 0 N–H and O–H groups in total. The molecule has 0 aliphatic rings. The van der Waals surface area contributed by atoms with Gasteiger partial charge in [0.25, 0.3) is 0 Å². The highest BCUT2D eigenvalue weighted by Gasteiger charge is 2.90. The summed E-state index contributed by atoms with van der Waals surface area (Å²) in [4.78, 5) is 0. The van der Waals surface area contributed by atoms with E-state index in [0.717, 1.165) is 0 Å². The largest absolute Gasteiger partial charge is 0.540 e. The number of benzene rings is 2. The van der Waals surface area contributed by atoms with E-state index in [1.807, 2.05) is 0 Å². The maximum absolute atomic E-state index is 7.06. The van der Waals surface area contributed by atoms with Crippen molar-refractivity contribution in [3.8, 4) is 0 Å². The lowest BCUT2D eigenvalue weighted by Gasteiger charge is -2.65. The lowest BCUT2D eigenvalue weighted by atomic mass is 10.4. The monoisotopic (exact) mass is 754 g/mol. The molecule has 252 valence electrons. The molecule has 0 saturated carbocycles. The smallest absolute Gasteiger partial charge is 0.399 e. The van der Waals surface area contributed by atoms with Crippen LogP contribution in [0.1, 0.15) is 0 Å². The molecule has 0 aromatic heterocycles. The van der Waals surface area contributed by atoms with Crippen molar-refractivity contribution in [3.05, 3.63) is 85.2 Å². The minimum Gasteiger partial charge on any atom is -0.399 e.